The van der Waals surface area contributed by atoms with Crippen molar-refractivity contribution in [2.75, 3.05) is 6.61 Å². The summed E-state index contributed by atoms with van der Waals surface area (Å²) < 4.78 is 10.6. The van der Waals surface area contributed by atoms with Gasteiger partial charge in [0.15, 0.2) is 0 Å². The molecule has 1 N–H and O–H groups in total. The number of carbonyl (C=O) groups excluding carboxylic acids is 1. The number of aryl methyl sites for hydroxylation is 2. The van der Waals surface area contributed by atoms with Crippen molar-refractivity contribution in [3.05, 3.63) is 53.4 Å². The van der Waals surface area contributed by atoms with Crippen LogP contribution in [-0.2, 0) is 0 Å². The molecule has 1 aliphatic heterocycles. The minimum Gasteiger partial charge on any atom is -0.489 e. The van der Waals surface area contributed by atoms with Crippen molar-refractivity contribution < 1.29 is 14.1 Å². The van der Waals surface area contributed by atoms with Gasteiger partial charge in [0.05, 0.1) is 0 Å². The molecule has 0 fully saturated rings. The van der Waals surface area contributed by atoms with Gasteiger partial charge in [-0.2, -0.15) is 4.98 Å². The molecule has 3 aromatic heterocycles. The van der Waals surface area contributed by atoms with Gasteiger partial charge in [-0.25, -0.2) is 0 Å². The molecule has 1 unspecified atom stereocenters. The molecule has 0 aromatic carbocycles. The second-order valence-corrected chi connectivity index (χ2v) is 5.77. The van der Waals surface area contributed by atoms with Crippen LogP contribution in [0.5, 0.6) is 5.75 Å². The molecule has 0 saturated heterocycles. The monoisotopic (exact) mass is 337 g/mol. The highest BCUT2D eigenvalue weighted by Crippen LogP contribution is 2.33. The van der Waals surface area contributed by atoms with E-state index in [-0.39, 0.29) is 11.9 Å². The van der Waals surface area contributed by atoms with Crippen molar-refractivity contribution in [2.45, 2.75) is 19.9 Å². The summed E-state index contributed by atoms with van der Waals surface area (Å²) in [4.78, 5) is 25.1. The van der Waals surface area contributed by atoms with Crippen LogP contribution in [0.15, 0.2) is 35.1 Å². The van der Waals surface area contributed by atoms with Gasteiger partial charge in [-0.1, -0.05) is 5.16 Å². The fraction of sp³-hybridized carbons (Fsp3) is 0.235. The number of fused-ring (bicyclic) bond motifs is 1. The molecule has 0 radical (unpaired) electrons. The van der Waals surface area contributed by atoms with E-state index in [1.165, 1.54) is 0 Å². The molecule has 4 heterocycles. The molecule has 0 bridgehead atoms. The van der Waals surface area contributed by atoms with Crippen molar-refractivity contribution in [1.82, 2.24) is 25.4 Å². The molecule has 25 heavy (non-hydrogen) atoms. The number of aromatic nitrogens is 4. The van der Waals surface area contributed by atoms with Crippen LogP contribution >= 0.6 is 0 Å². The number of nitrogens with one attached hydrogen (secondary N) is 1. The molecule has 3 aromatic rings. The molecule has 4 rings (SSSR count). The number of carbonyl (C=O) groups is 1. The maximum atomic E-state index is 12.4. The van der Waals surface area contributed by atoms with E-state index in [1.807, 2.05) is 6.92 Å². The summed E-state index contributed by atoms with van der Waals surface area (Å²) in [5, 5.41) is 6.81. The Morgan fingerprint density at radius 1 is 1.28 bits per heavy atom. The Kier molecular flexibility index (Phi) is 3.64. The fourth-order valence-electron chi connectivity index (χ4n) is 2.66. The molecule has 8 nitrogen and oxygen atoms in total. The minimum absolute atomic E-state index is 0.188. The number of amides is 1. The quantitative estimate of drug-likeness (QED) is 0.779. The zero-order chi connectivity index (χ0) is 17.4. The highest BCUT2D eigenvalue weighted by atomic mass is 16.5. The highest BCUT2D eigenvalue weighted by molar-refractivity contribution is 5.94. The van der Waals surface area contributed by atoms with E-state index in [4.69, 9.17) is 9.26 Å². The highest BCUT2D eigenvalue weighted by Gasteiger charge is 2.28. The second kappa shape index (κ2) is 5.97. The van der Waals surface area contributed by atoms with E-state index in [0.717, 1.165) is 5.69 Å². The van der Waals surface area contributed by atoms with Crippen LogP contribution in [0.25, 0.3) is 11.4 Å². The number of pyridine rings is 2. The molecule has 1 aliphatic rings. The number of hydrogen-bond donors (Lipinski definition) is 1. The largest absolute Gasteiger partial charge is 0.489 e. The van der Waals surface area contributed by atoms with Crippen LogP contribution in [0.3, 0.4) is 0 Å². The van der Waals surface area contributed by atoms with Crippen molar-refractivity contribution in [2.24, 2.45) is 0 Å². The lowest BCUT2D eigenvalue weighted by Crippen LogP contribution is -2.29. The van der Waals surface area contributed by atoms with Gasteiger partial charge in [0, 0.05) is 36.1 Å². The van der Waals surface area contributed by atoms with Crippen molar-refractivity contribution in [1.29, 1.82) is 0 Å². The molecule has 126 valence electrons. The van der Waals surface area contributed by atoms with Gasteiger partial charge in [0.25, 0.3) is 5.91 Å². The summed E-state index contributed by atoms with van der Waals surface area (Å²) >= 11 is 0. The summed E-state index contributed by atoms with van der Waals surface area (Å²) in [6.07, 6.45) is 3.26. The molecule has 0 aliphatic carbocycles. The van der Waals surface area contributed by atoms with E-state index >= 15 is 0 Å². The van der Waals surface area contributed by atoms with Gasteiger partial charge in [-0.3, -0.25) is 14.8 Å². The second-order valence-electron chi connectivity index (χ2n) is 5.77. The molecule has 8 heteroatoms. The van der Waals surface area contributed by atoms with Crippen molar-refractivity contribution >= 4 is 5.91 Å². The lowest BCUT2D eigenvalue weighted by Gasteiger charge is -2.11. The summed E-state index contributed by atoms with van der Waals surface area (Å²) in [5.74, 6) is 1.35. The fourth-order valence-corrected chi connectivity index (χ4v) is 2.66. The van der Waals surface area contributed by atoms with E-state index in [2.05, 4.69) is 25.4 Å². The predicted molar refractivity (Wildman–Crippen MR) is 86.9 cm³/mol. The Hall–Kier alpha value is -3.29. The Labute approximate surface area is 143 Å². The number of nitrogens with zero attached hydrogens (tertiary/aromatic N) is 4. The van der Waals surface area contributed by atoms with Gasteiger partial charge in [-0.15, -0.1) is 0 Å². The van der Waals surface area contributed by atoms with Gasteiger partial charge < -0.3 is 14.6 Å². The van der Waals surface area contributed by atoms with Gasteiger partial charge in [0.1, 0.15) is 24.1 Å². The van der Waals surface area contributed by atoms with Crippen molar-refractivity contribution in [3.8, 4) is 17.1 Å². The average Bonchev–Trinajstić information content (AvgIpc) is 3.21. The standard InChI is InChI=1S/C17H15N5O3/c1-9-5-11(3-4-18-9)17(23)21-13-8-24-14-6-12(7-19-15(13)14)16-20-10(2)25-22-16/h3-7,13H,8H2,1-2H3,(H,21,23). The van der Waals surface area contributed by atoms with Crippen LogP contribution in [0.2, 0.25) is 0 Å². The molecular weight excluding hydrogens is 322 g/mol. The van der Waals surface area contributed by atoms with Crippen LogP contribution in [-0.4, -0.2) is 32.6 Å². The normalized spacial score (nSPS) is 15.5. The van der Waals surface area contributed by atoms with Crippen LogP contribution in [0, 0.1) is 13.8 Å². The predicted octanol–water partition coefficient (Wildman–Crippen LogP) is 2.01. The summed E-state index contributed by atoms with van der Waals surface area (Å²) in [6, 6.07) is 4.90. The lowest BCUT2D eigenvalue weighted by molar-refractivity contribution is 0.0929. The van der Waals surface area contributed by atoms with Crippen LogP contribution in [0.4, 0.5) is 0 Å². The third-order valence-corrected chi connectivity index (χ3v) is 3.87. The van der Waals surface area contributed by atoms with Gasteiger partial charge in [0.2, 0.25) is 11.7 Å². The van der Waals surface area contributed by atoms with E-state index in [0.29, 0.717) is 40.9 Å². The molecule has 1 amide bonds. The third-order valence-electron chi connectivity index (χ3n) is 3.87. The first-order valence-corrected chi connectivity index (χ1v) is 7.77. The summed E-state index contributed by atoms with van der Waals surface area (Å²) in [5.41, 5.74) is 2.73. The number of hydrogen-bond acceptors (Lipinski definition) is 7. The Balaban J connectivity index is 1.55. The van der Waals surface area contributed by atoms with Gasteiger partial charge >= 0.3 is 0 Å². The average molecular weight is 337 g/mol. The molecule has 0 saturated carbocycles. The smallest absolute Gasteiger partial charge is 0.252 e. The van der Waals surface area contributed by atoms with E-state index < -0.39 is 0 Å². The Morgan fingerprint density at radius 2 is 2.16 bits per heavy atom. The third kappa shape index (κ3) is 2.93. The molecule has 0 spiro atoms. The SMILES string of the molecule is Cc1cc(C(=O)NC2COc3cc(-c4noc(C)n4)cnc32)ccn1. The van der Waals surface area contributed by atoms with E-state index in [9.17, 15) is 4.79 Å². The molecule has 1 atom stereocenters. The minimum atomic E-state index is -0.308. The van der Waals surface area contributed by atoms with Gasteiger partial charge in [-0.05, 0) is 25.1 Å². The number of ether oxygens (including phenoxy) is 1. The zero-order valence-electron chi connectivity index (χ0n) is 13.7. The first-order valence-electron chi connectivity index (χ1n) is 7.77. The first kappa shape index (κ1) is 15.3. The summed E-state index contributed by atoms with van der Waals surface area (Å²) in [6.45, 7) is 3.89. The summed E-state index contributed by atoms with van der Waals surface area (Å²) in [7, 11) is 0. The van der Waals surface area contributed by atoms with Crippen LogP contribution < -0.4 is 10.1 Å². The van der Waals surface area contributed by atoms with Crippen LogP contribution in [0.1, 0.15) is 33.7 Å². The number of rotatable bonds is 3. The lowest BCUT2D eigenvalue weighted by atomic mass is 10.1. The van der Waals surface area contributed by atoms with E-state index in [1.54, 1.807) is 37.5 Å². The topological polar surface area (TPSA) is 103 Å². The molecular formula is C17H15N5O3. The first-order chi connectivity index (χ1) is 12.1. The maximum Gasteiger partial charge on any atom is 0.252 e. The zero-order valence-corrected chi connectivity index (χ0v) is 13.7. The Bertz CT molecular complexity index is 953. The maximum absolute atomic E-state index is 12.4. The Morgan fingerprint density at radius 3 is 2.92 bits per heavy atom. The van der Waals surface area contributed by atoms with Crippen molar-refractivity contribution in [3.63, 3.8) is 0 Å².